The number of aliphatic hydroxyl groups excluding tert-OH is 1. The van der Waals surface area contributed by atoms with Crippen LogP contribution < -0.4 is 0 Å². The summed E-state index contributed by atoms with van der Waals surface area (Å²) in [6.45, 7) is 3.81. The Morgan fingerprint density at radius 3 is 2.40 bits per heavy atom. The second-order valence-electron chi connectivity index (χ2n) is 2.63. The molecular weight excluding hydrogens is 131 g/mol. The Labute approximate surface area is 62.3 Å². The fourth-order valence-corrected chi connectivity index (χ4v) is 0.847. The highest BCUT2D eigenvalue weighted by atomic mass is 19.1. The molecule has 2 unspecified atom stereocenters. The standard InChI is InChI=1S/C8H17FO/c1-3-5-6-7(9)8(10)4-2/h7-8,10H,3-6H2,1-2H3. The molecular formula is C8H17FO. The van der Waals surface area contributed by atoms with Gasteiger partial charge in [0.05, 0.1) is 6.10 Å². The van der Waals surface area contributed by atoms with Crippen molar-refractivity contribution < 1.29 is 9.50 Å². The summed E-state index contributed by atoms with van der Waals surface area (Å²) < 4.78 is 12.7. The highest BCUT2D eigenvalue weighted by molar-refractivity contribution is 4.64. The molecule has 2 atom stereocenters. The molecule has 0 aromatic rings. The Bertz CT molecular complexity index is 75.7. The van der Waals surface area contributed by atoms with Gasteiger partial charge >= 0.3 is 0 Å². The monoisotopic (exact) mass is 148 g/mol. The van der Waals surface area contributed by atoms with Crippen molar-refractivity contribution in [3.63, 3.8) is 0 Å². The predicted octanol–water partition coefficient (Wildman–Crippen LogP) is 2.29. The molecule has 2 heteroatoms. The van der Waals surface area contributed by atoms with Crippen molar-refractivity contribution in [3.8, 4) is 0 Å². The molecule has 0 rings (SSSR count). The zero-order chi connectivity index (χ0) is 7.98. The van der Waals surface area contributed by atoms with Crippen LogP contribution in [0, 0.1) is 0 Å². The fraction of sp³-hybridized carbons (Fsp3) is 1.00. The highest BCUT2D eigenvalue weighted by Gasteiger charge is 2.14. The second-order valence-corrected chi connectivity index (χ2v) is 2.63. The highest BCUT2D eigenvalue weighted by Crippen LogP contribution is 2.10. The van der Waals surface area contributed by atoms with Gasteiger partial charge in [-0.15, -0.1) is 0 Å². The van der Waals surface area contributed by atoms with E-state index >= 15 is 0 Å². The molecule has 0 spiro atoms. The Kier molecular flexibility index (Phi) is 5.60. The molecule has 1 N–H and O–H groups in total. The number of rotatable bonds is 5. The van der Waals surface area contributed by atoms with E-state index in [2.05, 4.69) is 0 Å². The molecule has 10 heavy (non-hydrogen) atoms. The summed E-state index contributed by atoms with van der Waals surface area (Å²) in [5.74, 6) is 0. The lowest BCUT2D eigenvalue weighted by molar-refractivity contribution is 0.0685. The molecule has 0 aliphatic heterocycles. The molecule has 62 valence electrons. The molecule has 0 aromatic carbocycles. The second kappa shape index (κ2) is 5.66. The summed E-state index contributed by atoms with van der Waals surface area (Å²) >= 11 is 0. The molecule has 0 aliphatic rings. The van der Waals surface area contributed by atoms with Gasteiger partial charge in [0.1, 0.15) is 6.17 Å². The van der Waals surface area contributed by atoms with Crippen molar-refractivity contribution in [2.24, 2.45) is 0 Å². The van der Waals surface area contributed by atoms with Gasteiger partial charge in [-0.25, -0.2) is 4.39 Å². The van der Waals surface area contributed by atoms with E-state index in [9.17, 15) is 4.39 Å². The zero-order valence-corrected chi connectivity index (χ0v) is 6.81. The molecule has 0 radical (unpaired) electrons. The molecule has 0 amide bonds. The van der Waals surface area contributed by atoms with Crippen molar-refractivity contribution in [2.75, 3.05) is 0 Å². The van der Waals surface area contributed by atoms with Gasteiger partial charge in [-0.2, -0.15) is 0 Å². The number of aliphatic hydroxyl groups is 1. The zero-order valence-electron chi connectivity index (χ0n) is 6.81. The largest absolute Gasteiger partial charge is 0.390 e. The number of hydrogen-bond donors (Lipinski definition) is 1. The number of halogens is 1. The molecule has 0 fully saturated rings. The fourth-order valence-electron chi connectivity index (χ4n) is 0.847. The van der Waals surface area contributed by atoms with E-state index in [1.165, 1.54) is 0 Å². The number of unbranched alkanes of at least 4 members (excludes halogenated alkanes) is 1. The number of alkyl halides is 1. The molecule has 0 aliphatic carbocycles. The summed E-state index contributed by atoms with van der Waals surface area (Å²) in [4.78, 5) is 0. The van der Waals surface area contributed by atoms with Crippen LogP contribution in [0.15, 0.2) is 0 Å². The van der Waals surface area contributed by atoms with E-state index in [0.717, 1.165) is 12.8 Å². The van der Waals surface area contributed by atoms with Gasteiger partial charge in [-0.3, -0.25) is 0 Å². The van der Waals surface area contributed by atoms with E-state index in [4.69, 9.17) is 5.11 Å². The minimum Gasteiger partial charge on any atom is -0.390 e. The van der Waals surface area contributed by atoms with Gasteiger partial charge < -0.3 is 5.11 Å². The van der Waals surface area contributed by atoms with Crippen LogP contribution in [-0.2, 0) is 0 Å². The van der Waals surface area contributed by atoms with E-state index in [1.54, 1.807) is 6.92 Å². The minimum absolute atomic E-state index is 0.505. The lowest BCUT2D eigenvalue weighted by atomic mass is 10.1. The first-order valence-electron chi connectivity index (χ1n) is 4.04. The van der Waals surface area contributed by atoms with Crippen LogP contribution in [0.25, 0.3) is 0 Å². The van der Waals surface area contributed by atoms with Crippen LogP contribution in [0.2, 0.25) is 0 Å². The van der Waals surface area contributed by atoms with E-state index in [0.29, 0.717) is 12.8 Å². The molecule has 0 heterocycles. The van der Waals surface area contributed by atoms with Gasteiger partial charge in [0, 0.05) is 0 Å². The maximum Gasteiger partial charge on any atom is 0.126 e. The van der Waals surface area contributed by atoms with Gasteiger partial charge in [-0.1, -0.05) is 26.7 Å². The number of hydrogen-bond acceptors (Lipinski definition) is 1. The van der Waals surface area contributed by atoms with E-state index in [-0.39, 0.29) is 0 Å². The molecule has 0 saturated heterocycles. The van der Waals surface area contributed by atoms with Crippen LogP contribution in [0.5, 0.6) is 0 Å². The van der Waals surface area contributed by atoms with Crippen molar-refractivity contribution >= 4 is 0 Å². The Balaban J connectivity index is 3.31. The first-order valence-corrected chi connectivity index (χ1v) is 4.04. The first-order chi connectivity index (χ1) is 4.72. The normalized spacial score (nSPS) is 16.8. The van der Waals surface area contributed by atoms with Gasteiger partial charge in [0.2, 0.25) is 0 Å². The summed E-state index contributed by atoms with van der Waals surface area (Å²) in [6, 6.07) is 0. The van der Waals surface area contributed by atoms with Crippen LogP contribution in [0.1, 0.15) is 39.5 Å². The van der Waals surface area contributed by atoms with Crippen LogP contribution >= 0.6 is 0 Å². The third-order valence-corrected chi connectivity index (χ3v) is 1.67. The average Bonchev–Trinajstić information content (AvgIpc) is 1.98. The summed E-state index contributed by atoms with van der Waals surface area (Å²) in [7, 11) is 0. The van der Waals surface area contributed by atoms with Gasteiger partial charge in [0.25, 0.3) is 0 Å². The first kappa shape index (κ1) is 9.89. The molecule has 1 nitrogen and oxygen atoms in total. The van der Waals surface area contributed by atoms with E-state index < -0.39 is 12.3 Å². The van der Waals surface area contributed by atoms with Crippen molar-refractivity contribution in [3.05, 3.63) is 0 Å². The maximum absolute atomic E-state index is 12.7. The van der Waals surface area contributed by atoms with Crippen LogP contribution in [0.4, 0.5) is 4.39 Å². The smallest absolute Gasteiger partial charge is 0.126 e. The van der Waals surface area contributed by atoms with Crippen molar-refractivity contribution in [1.82, 2.24) is 0 Å². The Hall–Kier alpha value is -0.110. The topological polar surface area (TPSA) is 20.2 Å². The molecule has 0 bridgehead atoms. The van der Waals surface area contributed by atoms with Crippen LogP contribution in [-0.4, -0.2) is 17.4 Å². The third kappa shape index (κ3) is 3.83. The summed E-state index contributed by atoms with van der Waals surface area (Å²) in [6.07, 6.45) is 1.14. The lowest BCUT2D eigenvalue weighted by Crippen LogP contribution is -2.20. The third-order valence-electron chi connectivity index (χ3n) is 1.67. The van der Waals surface area contributed by atoms with Gasteiger partial charge in [-0.05, 0) is 12.8 Å². The van der Waals surface area contributed by atoms with Crippen molar-refractivity contribution in [2.45, 2.75) is 51.8 Å². The quantitative estimate of drug-likeness (QED) is 0.634. The lowest BCUT2D eigenvalue weighted by Gasteiger charge is -2.12. The Morgan fingerprint density at radius 1 is 1.40 bits per heavy atom. The minimum atomic E-state index is -1.01. The van der Waals surface area contributed by atoms with Gasteiger partial charge in [0.15, 0.2) is 0 Å². The predicted molar refractivity (Wildman–Crippen MR) is 40.7 cm³/mol. The molecule has 0 saturated carbocycles. The van der Waals surface area contributed by atoms with E-state index in [1.807, 2.05) is 6.92 Å². The maximum atomic E-state index is 12.7. The summed E-state index contributed by atoms with van der Waals surface area (Å²) in [5, 5.41) is 8.98. The Morgan fingerprint density at radius 2 is 2.00 bits per heavy atom. The summed E-state index contributed by atoms with van der Waals surface area (Å²) in [5.41, 5.74) is 0. The van der Waals surface area contributed by atoms with Crippen molar-refractivity contribution in [1.29, 1.82) is 0 Å². The molecule has 0 aromatic heterocycles. The van der Waals surface area contributed by atoms with Crippen LogP contribution in [0.3, 0.4) is 0 Å². The SMILES string of the molecule is CCCCC(F)C(O)CC. The average molecular weight is 148 g/mol.